The van der Waals surface area contributed by atoms with Crippen LogP contribution < -0.4 is 5.32 Å². The largest absolute Gasteiger partial charge is 0.468 e. The summed E-state index contributed by atoms with van der Waals surface area (Å²) in [4.78, 5) is 11.8. The quantitative estimate of drug-likeness (QED) is 0.612. The molecule has 4 nitrogen and oxygen atoms in total. The molecule has 0 amide bonds. The molecule has 0 aromatic carbocycles. The van der Waals surface area contributed by atoms with Gasteiger partial charge in [-0.2, -0.15) is 0 Å². The van der Waals surface area contributed by atoms with E-state index in [1.165, 1.54) is 7.11 Å². The first kappa shape index (κ1) is 9.93. The third-order valence-electron chi connectivity index (χ3n) is 3.82. The molecule has 0 aliphatic carbocycles. The van der Waals surface area contributed by atoms with Gasteiger partial charge in [-0.05, 0) is 6.42 Å². The number of fused-ring (bicyclic) bond motifs is 1. The van der Waals surface area contributed by atoms with E-state index in [1.807, 2.05) is 0 Å². The van der Waals surface area contributed by atoms with E-state index in [4.69, 9.17) is 9.47 Å². The molecule has 2 atom stereocenters. The minimum Gasteiger partial charge on any atom is -0.468 e. The van der Waals surface area contributed by atoms with Gasteiger partial charge in [-0.1, -0.05) is 6.92 Å². The van der Waals surface area contributed by atoms with E-state index in [0.717, 1.165) is 19.6 Å². The van der Waals surface area contributed by atoms with Crippen LogP contribution >= 0.6 is 0 Å². The van der Waals surface area contributed by atoms with Gasteiger partial charge in [-0.15, -0.1) is 0 Å². The van der Waals surface area contributed by atoms with E-state index in [2.05, 4.69) is 12.2 Å². The van der Waals surface area contributed by atoms with Crippen molar-refractivity contribution >= 4 is 5.97 Å². The number of hydrogen-bond acceptors (Lipinski definition) is 4. The fourth-order valence-corrected chi connectivity index (χ4v) is 2.60. The average Bonchev–Trinajstić information content (AvgIpc) is 2.55. The molecule has 14 heavy (non-hydrogen) atoms. The summed E-state index contributed by atoms with van der Waals surface area (Å²) in [6.07, 6.45) is 0.926. The lowest BCUT2D eigenvalue weighted by molar-refractivity contribution is -0.171. The zero-order chi connectivity index (χ0) is 10.2. The molecule has 4 heteroatoms. The molecule has 2 heterocycles. The zero-order valence-corrected chi connectivity index (χ0v) is 8.76. The zero-order valence-electron chi connectivity index (χ0n) is 8.76. The summed E-state index contributed by atoms with van der Waals surface area (Å²) in [6.45, 7) is 4.94. The summed E-state index contributed by atoms with van der Waals surface area (Å²) in [5, 5.41) is 3.28. The smallest absolute Gasteiger partial charge is 0.316 e. The lowest BCUT2D eigenvalue weighted by atomic mass is 9.64. The minimum absolute atomic E-state index is 0.00164. The fraction of sp³-hybridized carbons (Fsp3) is 0.900. The number of methoxy groups -OCH3 is 1. The number of esters is 1. The SMILES string of the molecule is COC(=O)C12CNCC1(C)CCOC2. The van der Waals surface area contributed by atoms with Crippen LogP contribution in [0.15, 0.2) is 0 Å². The minimum atomic E-state index is -0.458. The van der Waals surface area contributed by atoms with Crippen molar-refractivity contribution in [2.24, 2.45) is 10.8 Å². The second-order valence-corrected chi connectivity index (χ2v) is 4.54. The maximum absolute atomic E-state index is 11.8. The molecule has 0 bridgehead atoms. The van der Waals surface area contributed by atoms with E-state index in [9.17, 15) is 4.79 Å². The number of carbonyl (C=O) groups is 1. The summed E-state index contributed by atoms with van der Waals surface area (Å²) in [5.41, 5.74) is -0.460. The Bertz CT molecular complexity index is 256. The third-order valence-corrected chi connectivity index (χ3v) is 3.82. The Labute approximate surface area is 84.0 Å². The molecule has 1 N–H and O–H groups in total. The van der Waals surface area contributed by atoms with E-state index in [0.29, 0.717) is 13.2 Å². The van der Waals surface area contributed by atoms with Crippen LogP contribution in [0.2, 0.25) is 0 Å². The molecule has 2 unspecified atom stereocenters. The lowest BCUT2D eigenvalue weighted by Gasteiger charge is -2.43. The highest BCUT2D eigenvalue weighted by atomic mass is 16.5. The highest BCUT2D eigenvalue weighted by Gasteiger charge is 2.59. The second kappa shape index (κ2) is 3.21. The number of nitrogens with one attached hydrogen (secondary N) is 1. The Morgan fingerprint density at radius 3 is 3.00 bits per heavy atom. The first-order valence-corrected chi connectivity index (χ1v) is 5.02. The normalized spacial score (nSPS) is 41.9. The van der Waals surface area contributed by atoms with E-state index in [-0.39, 0.29) is 11.4 Å². The third kappa shape index (κ3) is 1.10. The lowest BCUT2D eigenvalue weighted by Crippen LogP contribution is -2.52. The van der Waals surface area contributed by atoms with Crippen molar-refractivity contribution in [3.63, 3.8) is 0 Å². The number of carbonyl (C=O) groups excluding carboxylic acids is 1. The maximum atomic E-state index is 11.8. The molecular formula is C10H17NO3. The van der Waals surface area contributed by atoms with Crippen LogP contribution in [0.25, 0.3) is 0 Å². The standard InChI is InChI=1S/C10H17NO3/c1-9-3-4-14-7-10(9,6-11-5-9)8(12)13-2/h11H,3-7H2,1-2H3. The van der Waals surface area contributed by atoms with Crippen LogP contribution in [-0.2, 0) is 14.3 Å². The van der Waals surface area contributed by atoms with Crippen molar-refractivity contribution in [2.45, 2.75) is 13.3 Å². The summed E-state index contributed by atoms with van der Waals surface area (Å²) in [5.74, 6) is -0.135. The van der Waals surface area contributed by atoms with Gasteiger partial charge in [-0.25, -0.2) is 0 Å². The van der Waals surface area contributed by atoms with Crippen LogP contribution in [0.4, 0.5) is 0 Å². The maximum Gasteiger partial charge on any atom is 0.316 e. The highest BCUT2D eigenvalue weighted by molar-refractivity contribution is 5.79. The van der Waals surface area contributed by atoms with Gasteiger partial charge in [0.05, 0.1) is 13.7 Å². The van der Waals surface area contributed by atoms with Gasteiger partial charge in [0.2, 0.25) is 0 Å². The van der Waals surface area contributed by atoms with Gasteiger partial charge < -0.3 is 14.8 Å². The molecular weight excluding hydrogens is 182 g/mol. The van der Waals surface area contributed by atoms with Crippen LogP contribution in [0.5, 0.6) is 0 Å². The first-order chi connectivity index (χ1) is 6.65. The molecule has 80 valence electrons. The Morgan fingerprint density at radius 1 is 1.50 bits per heavy atom. The molecule has 2 aliphatic heterocycles. The van der Waals surface area contributed by atoms with Crippen LogP contribution in [-0.4, -0.2) is 39.4 Å². The Morgan fingerprint density at radius 2 is 2.29 bits per heavy atom. The summed E-state index contributed by atoms with van der Waals surface area (Å²) < 4.78 is 10.3. The van der Waals surface area contributed by atoms with E-state index >= 15 is 0 Å². The average molecular weight is 199 g/mol. The molecule has 0 aromatic heterocycles. The Balaban J connectivity index is 2.32. The Hall–Kier alpha value is -0.610. The summed E-state index contributed by atoms with van der Waals surface area (Å²) in [7, 11) is 1.45. The van der Waals surface area contributed by atoms with E-state index in [1.54, 1.807) is 0 Å². The predicted octanol–water partition coefficient (Wildman–Crippen LogP) is 0.176. The molecule has 2 aliphatic rings. The van der Waals surface area contributed by atoms with Crippen molar-refractivity contribution in [1.82, 2.24) is 5.32 Å². The van der Waals surface area contributed by atoms with Gasteiger partial charge >= 0.3 is 5.97 Å². The monoisotopic (exact) mass is 199 g/mol. The highest BCUT2D eigenvalue weighted by Crippen LogP contribution is 2.48. The molecule has 0 saturated carbocycles. The second-order valence-electron chi connectivity index (χ2n) is 4.54. The van der Waals surface area contributed by atoms with Gasteiger partial charge in [-0.3, -0.25) is 4.79 Å². The van der Waals surface area contributed by atoms with Crippen molar-refractivity contribution < 1.29 is 14.3 Å². The number of ether oxygens (including phenoxy) is 2. The van der Waals surface area contributed by atoms with Gasteiger partial charge in [0.25, 0.3) is 0 Å². The van der Waals surface area contributed by atoms with Gasteiger partial charge in [0.15, 0.2) is 0 Å². The van der Waals surface area contributed by atoms with Crippen LogP contribution in [0, 0.1) is 10.8 Å². The number of rotatable bonds is 1. The molecule has 0 aromatic rings. The van der Waals surface area contributed by atoms with Gasteiger partial charge in [0, 0.05) is 25.1 Å². The van der Waals surface area contributed by atoms with Crippen molar-refractivity contribution in [3.8, 4) is 0 Å². The molecule has 2 saturated heterocycles. The number of hydrogen-bond donors (Lipinski definition) is 1. The van der Waals surface area contributed by atoms with Crippen molar-refractivity contribution in [3.05, 3.63) is 0 Å². The molecule has 0 spiro atoms. The van der Waals surface area contributed by atoms with Gasteiger partial charge in [0.1, 0.15) is 5.41 Å². The van der Waals surface area contributed by atoms with Crippen molar-refractivity contribution in [2.75, 3.05) is 33.4 Å². The predicted molar refractivity (Wildman–Crippen MR) is 50.9 cm³/mol. The summed E-state index contributed by atoms with van der Waals surface area (Å²) >= 11 is 0. The molecule has 0 radical (unpaired) electrons. The first-order valence-electron chi connectivity index (χ1n) is 5.02. The molecule has 2 fully saturated rings. The van der Waals surface area contributed by atoms with E-state index < -0.39 is 5.41 Å². The van der Waals surface area contributed by atoms with Crippen molar-refractivity contribution in [1.29, 1.82) is 0 Å². The molecule has 2 rings (SSSR count). The fourth-order valence-electron chi connectivity index (χ4n) is 2.60. The summed E-state index contributed by atoms with van der Waals surface area (Å²) in [6, 6.07) is 0. The Kier molecular flexibility index (Phi) is 2.27. The topological polar surface area (TPSA) is 47.6 Å². The van der Waals surface area contributed by atoms with Crippen LogP contribution in [0.3, 0.4) is 0 Å². The van der Waals surface area contributed by atoms with Crippen LogP contribution in [0.1, 0.15) is 13.3 Å².